The van der Waals surface area contributed by atoms with Crippen LogP contribution in [0.3, 0.4) is 0 Å². The van der Waals surface area contributed by atoms with Crippen molar-refractivity contribution >= 4 is 5.69 Å². The lowest BCUT2D eigenvalue weighted by atomic mass is 10.1. The van der Waals surface area contributed by atoms with Gasteiger partial charge in [0.15, 0.2) is 0 Å². The standard InChI is InChI=1S/C23H21N3O4/c27-26(28)20-7-3-18(4-8-20)22-11-12-23(30-22)19-5-9-21(10-6-19)29-16-2-1-14-25-15-13-24-17-25/h3-13,15,17H,1-2,14,16H2. The average Bonchev–Trinajstić information content (AvgIpc) is 3.46. The summed E-state index contributed by atoms with van der Waals surface area (Å²) < 4.78 is 13.8. The number of aromatic nitrogens is 2. The van der Waals surface area contributed by atoms with Crippen molar-refractivity contribution in [2.75, 3.05) is 6.61 Å². The molecule has 0 N–H and O–H groups in total. The van der Waals surface area contributed by atoms with Crippen molar-refractivity contribution < 1.29 is 14.1 Å². The van der Waals surface area contributed by atoms with Gasteiger partial charge in [-0.05, 0) is 61.4 Å². The monoisotopic (exact) mass is 403 g/mol. The number of imidazole rings is 1. The van der Waals surface area contributed by atoms with Crippen LogP contribution >= 0.6 is 0 Å². The van der Waals surface area contributed by atoms with Crippen molar-refractivity contribution in [1.82, 2.24) is 9.55 Å². The number of nitro benzene ring substituents is 1. The van der Waals surface area contributed by atoms with Gasteiger partial charge in [-0.1, -0.05) is 0 Å². The molecule has 4 rings (SSSR count). The predicted molar refractivity (Wildman–Crippen MR) is 113 cm³/mol. The number of aryl methyl sites for hydroxylation is 1. The molecule has 0 aliphatic rings. The van der Waals surface area contributed by atoms with E-state index in [9.17, 15) is 10.1 Å². The molecule has 0 atom stereocenters. The Hall–Kier alpha value is -3.87. The Morgan fingerprint density at radius 2 is 1.60 bits per heavy atom. The average molecular weight is 403 g/mol. The van der Waals surface area contributed by atoms with E-state index in [4.69, 9.17) is 9.15 Å². The highest BCUT2D eigenvalue weighted by molar-refractivity contribution is 5.66. The van der Waals surface area contributed by atoms with Crippen LogP contribution in [0.4, 0.5) is 5.69 Å². The summed E-state index contributed by atoms with van der Waals surface area (Å²) in [6, 6.07) is 17.8. The number of non-ortho nitro benzene ring substituents is 1. The van der Waals surface area contributed by atoms with Gasteiger partial charge < -0.3 is 13.7 Å². The largest absolute Gasteiger partial charge is 0.494 e. The molecule has 0 fully saturated rings. The van der Waals surface area contributed by atoms with Gasteiger partial charge in [-0.15, -0.1) is 0 Å². The quantitative estimate of drug-likeness (QED) is 0.207. The van der Waals surface area contributed by atoms with Crippen molar-refractivity contribution in [3.63, 3.8) is 0 Å². The molecule has 0 bridgehead atoms. The lowest BCUT2D eigenvalue weighted by Crippen LogP contribution is -2.00. The Morgan fingerprint density at radius 1 is 0.933 bits per heavy atom. The van der Waals surface area contributed by atoms with Gasteiger partial charge in [0, 0.05) is 42.2 Å². The van der Waals surface area contributed by atoms with Crippen molar-refractivity contribution in [2.45, 2.75) is 19.4 Å². The van der Waals surface area contributed by atoms with Gasteiger partial charge in [-0.3, -0.25) is 10.1 Å². The summed E-state index contributed by atoms with van der Waals surface area (Å²) in [5.41, 5.74) is 1.79. The van der Waals surface area contributed by atoms with E-state index >= 15 is 0 Å². The highest BCUT2D eigenvalue weighted by Gasteiger charge is 2.10. The molecule has 0 amide bonds. The summed E-state index contributed by atoms with van der Waals surface area (Å²) in [6.45, 7) is 1.61. The SMILES string of the molecule is O=[N+]([O-])c1ccc(-c2ccc(-c3ccc(OCCCCn4ccnc4)cc3)o2)cc1. The van der Waals surface area contributed by atoms with E-state index in [-0.39, 0.29) is 5.69 Å². The Morgan fingerprint density at radius 3 is 2.20 bits per heavy atom. The molecule has 0 saturated carbocycles. The minimum atomic E-state index is -0.416. The molecule has 152 valence electrons. The minimum Gasteiger partial charge on any atom is -0.494 e. The van der Waals surface area contributed by atoms with Gasteiger partial charge in [-0.2, -0.15) is 0 Å². The molecule has 2 aromatic carbocycles. The molecule has 0 aliphatic carbocycles. The highest BCUT2D eigenvalue weighted by atomic mass is 16.6. The van der Waals surface area contributed by atoms with E-state index in [1.165, 1.54) is 12.1 Å². The first-order valence-corrected chi connectivity index (χ1v) is 9.73. The zero-order valence-corrected chi connectivity index (χ0v) is 16.3. The van der Waals surface area contributed by atoms with Crippen molar-refractivity contribution in [3.8, 4) is 28.4 Å². The minimum absolute atomic E-state index is 0.0582. The van der Waals surface area contributed by atoms with Crippen LogP contribution in [-0.2, 0) is 6.54 Å². The van der Waals surface area contributed by atoms with Gasteiger partial charge in [-0.25, -0.2) is 4.98 Å². The molecule has 7 heteroatoms. The fourth-order valence-electron chi connectivity index (χ4n) is 3.12. The summed E-state index contributed by atoms with van der Waals surface area (Å²) in [4.78, 5) is 14.4. The smallest absolute Gasteiger partial charge is 0.269 e. The first-order valence-electron chi connectivity index (χ1n) is 9.73. The van der Waals surface area contributed by atoms with Crippen LogP contribution in [0.15, 0.2) is 83.8 Å². The fraction of sp³-hybridized carbons (Fsp3) is 0.174. The molecule has 2 heterocycles. The third-order valence-corrected chi connectivity index (χ3v) is 4.75. The number of furan rings is 1. The number of nitrogens with zero attached hydrogens (tertiary/aromatic N) is 3. The molecule has 30 heavy (non-hydrogen) atoms. The Labute approximate surface area is 173 Å². The van der Waals surface area contributed by atoms with Gasteiger partial charge in [0.1, 0.15) is 17.3 Å². The van der Waals surface area contributed by atoms with Gasteiger partial charge in [0.25, 0.3) is 5.69 Å². The van der Waals surface area contributed by atoms with Crippen molar-refractivity contribution in [2.24, 2.45) is 0 Å². The van der Waals surface area contributed by atoms with E-state index in [1.54, 1.807) is 18.3 Å². The number of nitro groups is 1. The van der Waals surface area contributed by atoms with E-state index in [2.05, 4.69) is 9.55 Å². The number of hydrogen-bond acceptors (Lipinski definition) is 5. The summed E-state index contributed by atoms with van der Waals surface area (Å²) >= 11 is 0. The maximum absolute atomic E-state index is 10.8. The third kappa shape index (κ3) is 4.75. The first kappa shape index (κ1) is 19.4. The van der Waals surface area contributed by atoms with E-state index < -0.39 is 4.92 Å². The molecule has 0 spiro atoms. The molecule has 2 aromatic heterocycles. The summed E-state index contributed by atoms with van der Waals surface area (Å²) in [7, 11) is 0. The normalized spacial score (nSPS) is 10.8. The molecule has 0 saturated heterocycles. The molecule has 7 nitrogen and oxygen atoms in total. The Kier molecular flexibility index (Phi) is 5.89. The van der Waals surface area contributed by atoms with Crippen LogP contribution in [0.2, 0.25) is 0 Å². The fourth-order valence-corrected chi connectivity index (χ4v) is 3.12. The van der Waals surface area contributed by atoms with E-state index in [0.29, 0.717) is 12.4 Å². The lowest BCUT2D eigenvalue weighted by molar-refractivity contribution is -0.384. The van der Waals surface area contributed by atoms with Crippen LogP contribution in [-0.4, -0.2) is 21.1 Å². The predicted octanol–water partition coefficient (Wildman–Crippen LogP) is 5.58. The number of rotatable bonds is 9. The lowest BCUT2D eigenvalue weighted by Gasteiger charge is -2.07. The molecule has 0 unspecified atom stereocenters. The van der Waals surface area contributed by atoms with Gasteiger partial charge >= 0.3 is 0 Å². The van der Waals surface area contributed by atoms with Crippen LogP contribution in [0.25, 0.3) is 22.6 Å². The van der Waals surface area contributed by atoms with Crippen molar-refractivity contribution in [3.05, 3.63) is 89.5 Å². The Bertz CT molecular complexity index is 1080. The third-order valence-electron chi connectivity index (χ3n) is 4.75. The second-order valence-corrected chi connectivity index (χ2v) is 6.85. The van der Waals surface area contributed by atoms with E-state index in [1.807, 2.05) is 48.9 Å². The van der Waals surface area contributed by atoms with Crippen molar-refractivity contribution in [1.29, 1.82) is 0 Å². The number of unbranched alkanes of at least 4 members (excludes halogenated alkanes) is 1. The zero-order chi connectivity index (χ0) is 20.8. The maximum atomic E-state index is 10.8. The number of ether oxygens (including phenoxy) is 1. The maximum Gasteiger partial charge on any atom is 0.269 e. The van der Waals surface area contributed by atoms with Crippen LogP contribution < -0.4 is 4.74 Å². The number of hydrogen-bond donors (Lipinski definition) is 0. The molecular weight excluding hydrogens is 382 g/mol. The van der Waals surface area contributed by atoms with Crippen LogP contribution in [0.5, 0.6) is 5.75 Å². The molecule has 4 aromatic rings. The van der Waals surface area contributed by atoms with Crippen LogP contribution in [0.1, 0.15) is 12.8 Å². The van der Waals surface area contributed by atoms with E-state index in [0.717, 1.165) is 42.0 Å². The summed E-state index contributed by atoms with van der Waals surface area (Å²) in [5.74, 6) is 2.22. The van der Waals surface area contributed by atoms with Gasteiger partial charge in [0.05, 0.1) is 17.9 Å². The van der Waals surface area contributed by atoms with Crippen LogP contribution in [0, 0.1) is 10.1 Å². The number of benzene rings is 2. The summed E-state index contributed by atoms with van der Waals surface area (Å²) in [6.07, 6.45) is 7.57. The summed E-state index contributed by atoms with van der Waals surface area (Å²) in [5, 5.41) is 10.8. The molecule has 0 radical (unpaired) electrons. The second kappa shape index (κ2) is 9.09. The second-order valence-electron chi connectivity index (χ2n) is 6.85. The molecular formula is C23H21N3O4. The van der Waals surface area contributed by atoms with Gasteiger partial charge in [0.2, 0.25) is 0 Å². The zero-order valence-electron chi connectivity index (χ0n) is 16.3. The first-order chi connectivity index (χ1) is 14.7. The highest BCUT2D eigenvalue weighted by Crippen LogP contribution is 2.30. The Balaban J connectivity index is 1.31. The molecule has 0 aliphatic heterocycles. The topological polar surface area (TPSA) is 83.3 Å².